The molecule has 0 amide bonds. The fraction of sp³-hybridized carbons (Fsp3) is 0.417. The van der Waals surface area contributed by atoms with Crippen LogP contribution in [-0.4, -0.2) is 11.3 Å². The lowest BCUT2D eigenvalue weighted by Gasteiger charge is -2.21. The molecule has 2 nitrogen and oxygen atoms in total. The van der Waals surface area contributed by atoms with Crippen molar-refractivity contribution in [1.82, 2.24) is 0 Å². The highest BCUT2D eigenvalue weighted by Crippen LogP contribution is 2.30. The van der Waals surface area contributed by atoms with Gasteiger partial charge in [-0.15, -0.1) is 0 Å². The van der Waals surface area contributed by atoms with Gasteiger partial charge in [-0.1, -0.05) is 24.4 Å². The minimum absolute atomic E-state index is 0.0525. The lowest BCUT2D eigenvalue weighted by Crippen LogP contribution is -2.45. The van der Waals surface area contributed by atoms with Crippen molar-refractivity contribution in [2.45, 2.75) is 31.2 Å². The first-order valence-corrected chi connectivity index (χ1v) is 5.59. The first-order chi connectivity index (χ1) is 7.12. The normalized spacial score (nSPS) is 19.1. The highest BCUT2D eigenvalue weighted by Gasteiger charge is 2.37. The van der Waals surface area contributed by atoms with Gasteiger partial charge in [0.05, 0.1) is 5.54 Å². The Morgan fingerprint density at radius 2 is 1.73 bits per heavy atom. The van der Waals surface area contributed by atoms with E-state index < -0.39 is 5.54 Å². The summed E-state index contributed by atoms with van der Waals surface area (Å²) in [5, 5.41) is 0.643. The van der Waals surface area contributed by atoms with Crippen molar-refractivity contribution >= 4 is 17.4 Å². The van der Waals surface area contributed by atoms with Crippen molar-refractivity contribution in [1.29, 1.82) is 0 Å². The SMILES string of the molecule is NC1(C(=O)c2ccc(Cl)cc2)CCCC1. The molecule has 15 heavy (non-hydrogen) atoms. The smallest absolute Gasteiger partial charge is 0.182 e. The predicted octanol–water partition coefficient (Wildman–Crippen LogP) is 2.79. The summed E-state index contributed by atoms with van der Waals surface area (Å²) in [6, 6.07) is 6.95. The van der Waals surface area contributed by atoms with E-state index in [2.05, 4.69) is 0 Å². The number of halogens is 1. The molecule has 0 spiro atoms. The van der Waals surface area contributed by atoms with Gasteiger partial charge in [0.15, 0.2) is 5.78 Å². The van der Waals surface area contributed by atoms with E-state index in [1.807, 2.05) is 0 Å². The van der Waals surface area contributed by atoms with Crippen LogP contribution in [0.5, 0.6) is 0 Å². The Morgan fingerprint density at radius 1 is 1.20 bits per heavy atom. The van der Waals surface area contributed by atoms with Gasteiger partial charge in [0.1, 0.15) is 0 Å². The molecule has 0 atom stereocenters. The molecule has 0 heterocycles. The van der Waals surface area contributed by atoms with Crippen LogP contribution >= 0.6 is 11.6 Å². The van der Waals surface area contributed by atoms with E-state index in [4.69, 9.17) is 17.3 Å². The summed E-state index contributed by atoms with van der Waals surface area (Å²) in [7, 11) is 0. The monoisotopic (exact) mass is 223 g/mol. The second-order valence-corrected chi connectivity index (χ2v) is 4.64. The molecular weight excluding hydrogens is 210 g/mol. The maximum atomic E-state index is 12.1. The van der Waals surface area contributed by atoms with E-state index in [1.165, 1.54) is 0 Å². The number of hydrogen-bond donors (Lipinski definition) is 1. The van der Waals surface area contributed by atoms with E-state index in [-0.39, 0.29) is 5.78 Å². The molecule has 0 aromatic heterocycles. The minimum atomic E-state index is -0.631. The van der Waals surface area contributed by atoms with Gasteiger partial charge < -0.3 is 5.73 Å². The zero-order valence-corrected chi connectivity index (χ0v) is 9.26. The van der Waals surface area contributed by atoms with Gasteiger partial charge in [-0.25, -0.2) is 0 Å². The third-order valence-corrected chi connectivity index (χ3v) is 3.31. The van der Waals surface area contributed by atoms with E-state index in [1.54, 1.807) is 24.3 Å². The van der Waals surface area contributed by atoms with Gasteiger partial charge >= 0.3 is 0 Å². The van der Waals surface area contributed by atoms with Crippen molar-refractivity contribution in [3.63, 3.8) is 0 Å². The number of hydrogen-bond acceptors (Lipinski definition) is 2. The van der Waals surface area contributed by atoms with Crippen LogP contribution in [0.2, 0.25) is 5.02 Å². The van der Waals surface area contributed by atoms with Gasteiger partial charge in [-0.2, -0.15) is 0 Å². The highest BCUT2D eigenvalue weighted by molar-refractivity contribution is 6.30. The Morgan fingerprint density at radius 3 is 2.27 bits per heavy atom. The molecular formula is C12H14ClNO. The summed E-state index contributed by atoms with van der Waals surface area (Å²) in [6.45, 7) is 0. The first-order valence-electron chi connectivity index (χ1n) is 5.21. The first kappa shape index (κ1) is 10.7. The average molecular weight is 224 g/mol. The molecule has 80 valence electrons. The van der Waals surface area contributed by atoms with Gasteiger partial charge in [0.2, 0.25) is 0 Å². The molecule has 1 aromatic rings. The fourth-order valence-electron chi connectivity index (χ4n) is 2.12. The van der Waals surface area contributed by atoms with Crippen molar-refractivity contribution in [3.8, 4) is 0 Å². The second kappa shape index (κ2) is 3.95. The van der Waals surface area contributed by atoms with Crippen molar-refractivity contribution in [2.75, 3.05) is 0 Å². The van der Waals surface area contributed by atoms with Crippen molar-refractivity contribution < 1.29 is 4.79 Å². The number of rotatable bonds is 2. The average Bonchev–Trinajstić information content (AvgIpc) is 2.67. The lowest BCUT2D eigenvalue weighted by atomic mass is 9.89. The summed E-state index contributed by atoms with van der Waals surface area (Å²) in [5.74, 6) is 0.0525. The van der Waals surface area contributed by atoms with Crippen molar-refractivity contribution in [3.05, 3.63) is 34.9 Å². The van der Waals surface area contributed by atoms with Crippen LogP contribution in [-0.2, 0) is 0 Å². The van der Waals surface area contributed by atoms with Crippen LogP contribution in [0, 0.1) is 0 Å². The van der Waals surface area contributed by atoms with Gasteiger partial charge in [0.25, 0.3) is 0 Å². The number of ketones is 1. The highest BCUT2D eigenvalue weighted by atomic mass is 35.5. The van der Waals surface area contributed by atoms with E-state index in [9.17, 15) is 4.79 Å². The molecule has 0 bridgehead atoms. The summed E-state index contributed by atoms with van der Waals surface area (Å²) < 4.78 is 0. The topological polar surface area (TPSA) is 43.1 Å². The molecule has 2 rings (SSSR count). The van der Waals surface area contributed by atoms with E-state index in [0.29, 0.717) is 10.6 Å². The molecule has 0 saturated heterocycles. The molecule has 1 aliphatic rings. The number of carbonyl (C=O) groups is 1. The Bertz CT molecular complexity index is 366. The van der Waals surface area contributed by atoms with E-state index in [0.717, 1.165) is 25.7 Å². The quantitative estimate of drug-likeness (QED) is 0.784. The number of benzene rings is 1. The molecule has 0 aliphatic heterocycles. The van der Waals surface area contributed by atoms with Crippen LogP contribution in [0.15, 0.2) is 24.3 Å². The summed E-state index contributed by atoms with van der Waals surface area (Å²) >= 11 is 5.77. The lowest BCUT2D eigenvalue weighted by molar-refractivity contribution is 0.0892. The Balaban J connectivity index is 2.24. The molecule has 2 N–H and O–H groups in total. The molecule has 0 radical (unpaired) electrons. The molecule has 1 aromatic carbocycles. The maximum Gasteiger partial charge on any atom is 0.182 e. The molecule has 1 saturated carbocycles. The Labute approximate surface area is 94.4 Å². The predicted molar refractivity (Wildman–Crippen MR) is 61.2 cm³/mol. The fourth-order valence-corrected chi connectivity index (χ4v) is 2.25. The van der Waals surface area contributed by atoms with Crippen LogP contribution in [0.4, 0.5) is 0 Å². The second-order valence-electron chi connectivity index (χ2n) is 4.20. The van der Waals surface area contributed by atoms with Gasteiger partial charge in [0, 0.05) is 10.6 Å². The third-order valence-electron chi connectivity index (χ3n) is 3.05. The largest absolute Gasteiger partial charge is 0.319 e. The summed E-state index contributed by atoms with van der Waals surface area (Å²) in [6.07, 6.45) is 3.70. The van der Waals surface area contributed by atoms with Crippen LogP contribution < -0.4 is 5.73 Å². The zero-order chi connectivity index (χ0) is 10.9. The molecule has 3 heteroatoms. The van der Waals surface area contributed by atoms with E-state index >= 15 is 0 Å². The number of Topliss-reactive ketones (excluding diaryl/α,β-unsaturated/α-hetero) is 1. The minimum Gasteiger partial charge on any atom is -0.319 e. The van der Waals surface area contributed by atoms with Gasteiger partial charge in [-0.05, 0) is 37.1 Å². The van der Waals surface area contributed by atoms with Gasteiger partial charge in [-0.3, -0.25) is 4.79 Å². The summed E-state index contributed by atoms with van der Waals surface area (Å²) in [4.78, 5) is 12.1. The maximum absolute atomic E-state index is 12.1. The molecule has 1 aliphatic carbocycles. The standard InChI is InChI=1S/C12H14ClNO/c13-10-5-3-9(4-6-10)11(15)12(14)7-1-2-8-12/h3-6H,1-2,7-8,14H2. The van der Waals surface area contributed by atoms with Crippen LogP contribution in [0.3, 0.4) is 0 Å². The van der Waals surface area contributed by atoms with Crippen molar-refractivity contribution in [2.24, 2.45) is 5.73 Å². The number of nitrogens with two attached hydrogens (primary N) is 1. The third kappa shape index (κ3) is 2.06. The molecule has 1 fully saturated rings. The zero-order valence-electron chi connectivity index (χ0n) is 8.50. The van der Waals surface area contributed by atoms with Crippen LogP contribution in [0.25, 0.3) is 0 Å². The summed E-state index contributed by atoms with van der Waals surface area (Å²) in [5.41, 5.74) is 6.13. The Kier molecular flexibility index (Phi) is 2.81. The Hall–Kier alpha value is -0.860. The number of carbonyl (C=O) groups excluding carboxylic acids is 1. The van der Waals surface area contributed by atoms with Crippen LogP contribution in [0.1, 0.15) is 36.0 Å². The molecule has 0 unspecified atom stereocenters.